The second-order valence-corrected chi connectivity index (χ2v) is 3.53. The first-order chi connectivity index (χ1) is 7.04. The van der Waals surface area contributed by atoms with Crippen molar-refractivity contribution in [1.82, 2.24) is 0 Å². The van der Waals surface area contributed by atoms with Gasteiger partial charge in [-0.1, -0.05) is 0 Å². The van der Waals surface area contributed by atoms with Crippen LogP contribution in [-0.4, -0.2) is 19.7 Å². The molecule has 0 radical (unpaired) electrons. The Balaban J connectivity index is 2.81. The summed E-state index contributed by atoms with van der Waals surface area (Å²) >= 11 is 3.07. The highest BCUT2D eigenvalue weighted by atomic mass is 79.9. The van der Waals surface area contributed by atoms with Crippen molar-refractivity contribution >= 4 is 27.6 Å². The number of methoxy groups -OCH3 is 1. The normalized spacial score (nSPS) is 9.80. The van der Waals surface area contributed by atoms with Gasteiger partial charge in [0.25, 0.3) is 0 Å². The van der Waals surface area contributed by atoms with Crippen molar-refractivity contribution in [1.29, 1.82) is 0 Å². The van der Waals surface area contributed by atoms with Crippen LogP contribution >= 0.6 is 15.9 Å². The average molecular weight is 278 g/mol. The average Bonchev–Trinajstić information content (AvgIpc) is 2.15. The largest absolute Gasteiger partial charge is 0.479 e. The maximum atomic E-state index is 12.8. The Morgan fingerprint density at radius 2 is 2.27 bits per heavy atom. The zero-order valence-corrected chi connectivity index (χ0v) is 9.51. The summed E-state index contributed by atoms with van der Waals surface area (Å²) < 4.78 is 22.6. The molecule has 4 nitrogen and oxygen atoms in total. The van der Waals surface area contributed by atoms with Gasteiger partial charge in [0.05, 0.1) is 17.3 Å². The number of nitrogens with two attached hydrogens (primary N) is 1. The monoisotopic (exact) mass is 277 g/mol. The van der Waals surface area contributed by atoms with E-state index in [0.29, 0.717) is 4.47 Å². The van der Waals surface area contributed by atoms with Crippen LogP contribution in [0, 0.1) is 5.82 Å². The van der Waals surface area contributed by atoms with Crippen molar-refractivity contribution < 1.29 is 18.7 Å². The van der Waals surface area contributed by atoms with Crippen LogP contribution in [0.3, 0.4) is 0 Å². The highest BCUT2D eigenvalue weighted by Gasteiger charge is 2.10. The van der Waals surface area contributed by atoms with Crippen molar-refractivity contribution in [2.45, 2.75) is 0 Å². The number of nitrogen functional groups attached to an aromatic ring is 1. The molecule has 0 aromatic heterocycles. The molecule has 0 aliphatic heterocycles. The number of ether oxygens (including phenoxy) is 2. The minimum Gasteiger partial charge on any atom is -0.479 e. The van der Waals surface area contributed by atoms with Gasteiger partial charge in [0.2, 0.25) is 0 Å². The van der Waals surface area contributed by atoms with E-state index in [0.717, 1.165) is 6.07 Å². The Bertz CT molecular complexity index is 361. The molecule has 1 rings (SSSR count). The minimum absolute atomic E-state index is 0.116. The third-order valence-electron chi connectivity index (χ3n) is 1.60. The number of hydrogen-bond donors (Lipinski definition) is 1. The Morgan fingerprint density at radius 3 is 2.80 bits per heavy atom. The van der Waals surface area contributed by atoms with Crippen molar-refractivity contribution in [2.24, 2.45) is 0 Å². The van der Waals surface area contributed by atoms with Gasteiger partial charge in [-0.25, -0.2) is 9.18 Å². The number of halogens is 2. The number of anilines is 1. The summed E-state index contributed by atoms with van der Waals surface area (Å²) in [5.74, 6) is -0.794. The molecule has 2 N–H and O–H groups in total. The van der Waals surface area contributed by atoms with Crippen molar-refractivity contribution in [2.75, 3.05) is 19.5 Å². The molecule has 0 amide bonds. The molecule has 0 unspecified atom stereocenters. The molecule has 0 aliphatic rings. The molecule has 0 saturated carbocycles. The Labute approximate surface area is 94.3 Å². The van der Waals surface area contributed by atoms with Crippen LogP contribution in [0.1, 0.15) is 0 Å². The lowest BCUT2D eigenvalue weighted by molar-refractivity contribution is -0.142. The van der Waals surface area contributed by atoms with E-state index in [9.17, 15) is 9.18 Å². The van der Waals surface area contributed by atoms with Gasteiger partial charge < -0.3 is 15.2 Å². The number of carbonyl (C=O) groups is 1. The van der Waals surface area contributed by atoms with E-state index in [-0.39, 0.29) is 18.0 Å². The third kappa shape index (κ3) is 3.09. The van der Waals surface area contributed by atoms with Crippen LogP contribution in [0.4, 0.5) is 10.1 Å². The first kappa shape index (κ1) is 11.8. The highest BCUT2D eigenvalue weighted by Crippen LogP contribution is 2.32. The fraction of sp³-hybridized carbons (Fsp3) is 0.222. The van der Waals surface area contributed by atoms with Gasteiger partial charge in [0.15, 0.2) is 12.4 Å². The van der Waals surface area contributed by atoms with E-state index in [4.69, 9.17) is 10.5 Å². The fourth-order valence-corrected chi connectivity index (χ4v) is 1.48. The van der Waals surface area contributed by atoms with Gasteiger partial charge in [-0.05, 0) is 22.0 Å². The SMILES string of the molecule is COC(=O)COc1c(N)cc(F)cc1Br. The second kappa shape index (κ2) is 4.97. The zero-order chi connectivity index (χ0) is 11.4. The molecule has 0 atom stereocenters. The van der Waals surface area contributed by atoms with Gasteiger partial charge in [-0.3, -0.25) is 0 Å². The summed E-state index contributed by atoms with van der Waals surface area (Å²) in [5.41, 5.74) is 5.62. The predicted octanol–water partition coefficient (Wildman–Crippen LogP) is 1.72. The molecular formula is C9H9BrFNO3. The molecule has 0 fully saturated rings. The Kier molecular flexibility index (Phi) is 3.90. The third-order valence-corrected chi connectivity index (χ3v) is 2.19. The summed E-state index contributed by atoms with van der Waals surface area (Å²) in [7, 11) is 1.24. The molecule has 1 aromatic rings. The molecule has 0 heterocycles. The van der Waals surface area contributed by atoms with Crippen LogP contribution in [0.5, 0.6) is 5.75 Å². The summed E-state index contributed by atoms with van der Waals surface area (Å²) in [4.78, 5) is 10.8. The molecule has 0 spiro atoms. The number of benzene rings is 1. The molecule has 82 valence electrons. The summed E-state index contributed by atoms with van der Waals surface area (Å²) in [6, 6.07) is 2.31. The van der Waals surface area contributed by atoms with Crippen molar-refractivity contribution in [3.05, 3.63) is 22.4 Å². The van der Waals surface area contributed by atoms with Crippen LogP contribution < -0.4 is 10.5 Å². The lowest BCUT2D eigenvalue weighted by Gasteiger charge is -2.09. The first-order valence-corrected chi connectivity index (χ1v) is 4.78. The lowest BCUT2D eigenvalue weighted by atomic mass is 10.3. The topological polar surface area (TPSA) is 61.5 Å². The molecule has 0 bridgehead atoms. The van der Waals surface area contributed by atoms with E-state index < -0.39 is 11.8 Å². The van der Waals surface area contributed by atoms with E-state index in [1.54, 1.807) is 0 Å². The predicted molar refractivity (Wildman–Crippen MR) is 56.0 cm³/mol. The number of carbonyl (C=O) groups excluding carboxylic acids is 1. The molecule has 0 saturated heterocycles. The van der Waals surface area contributed by atoms with Crippen LogP contribution in [0.15, 0.2) is 16.6 Å². The molecule has 15 heavy (non-hydrogen) atoms. The van der Waals surface area contributed by atoms with Crippen LogP contribution in [0.2, 0.25) is 0 Å². The molecule has 1 aromatic carbocycles. The quantitative estimate of drug-likeness (QED) is 0.675. The molecule has 0 aliphatic carbocycles. The molecule has 6 heteroatoms. The zero-order valence-electron chi connectivity index (χ0n) is 7.92. The Hall–Kier alpha value is -1.30. The number of rotatable bonds is 3. The maximum absolute atomic E-state index is 12.8. The Morgan fingerprint density at radius 1 is 1.60 bits per heavy atom. The number of esters is 1. The summed E-state index contributed by atoms with van der Waals surface area (Å²) in [6.45, 7) is -0.273. The van der Waals surface area contributed by atoms with Crippen LogP contribution in [-0.2, 0) is 9.53 Å². The van der Waals surface area contributed by atoms with E-state index in [1.807, 2.05) is 0 Å². The molecular weight excluding hydrogens is 269 g/mol. The first-order valence-electron chi connectivity index (χ1n) is 3.98. The van der Waals surface area contributed by atoms with E-state index in [2.05, 4.69) is 20.7 Å². The van der Waals surface area contributed by atoms with Crippen molar-refractivity contribution in [3.8, 4) is 5.75 Å². The summed E-state index contributed by atoms with van der Waals surface area (Å²) in [6.07, 6.45) is 0. The number of hydrogen-bond acceptors (Lipinski definition) is 4. The summed E-state index contributed by atoms with van der Waals surface area (Å²) in [5, 5.41) is 0. The highest BCUT2D eigenvalue weighted by molar-refractivity contribution is 9.10. The standard InChI is InChI=1S/C9H9BrFNO3/c1-14-8(13)4-15-9-6(10)2-5(11)3-7(9)12/h2-3H,4,12H2,1H3. The van der Waals surface area contributed by atoms with Gasteiger partial charge in [0.1, 0.15) is 5.82 Å². The van der Waals surface area contributed by atoms with Gasteiger partial charge in [-0.2, -0.15) is 0 Å². The van der Waals surface area contributed by atoms with Gasteiger partial charge >= 0.3 is 5.97 Å². The lowest BCUT2D eigenvalue weighted by Crippen LogP contribution is -2.13. The second-order valence-electron chi connectivity index (χ2n) is 2.67. The van der Waals surface area contributed by atoms with Gasteiger partial charge in [-0.15, -0.1) is 0 Å². The van der Waals surface area contributed by atoms with E-state index >= 15 is 0 Å². The van der Waals surface area contributed by atoms with Gasteiger partial charge in [0, 0.05) is 6.07 Å². The maximum Gasteiger partial charge on any atom is 0.343 e. The van der Waals surface area contributed by atoms with Crippen molar-refractivity contribution in [3.63, 3.8) is 0 Å². The van der Waals surface area contributed by atoms with Crippen LogP contribution in [0.25, 0.3) is 0 Å². The minimum atomic E-state index is -0.536. The smallest absolute Gasteiger partial charge is 0.343 e. The fourth-order valence-electron chi connectivity index (χ4n) is 0.923. The van der Waals surface area contributed by atoms with E-state index in [1.165, 1.54) is 13.2 Å².